The van der Waals surface area contributed by atoms with E-state index in [4.69, 9.17) is 0 Å². The number of carbonyl (C=O) groups is 1. The van der Waals surface area contributed by atoms with Crippen molar-refractivity contribution in [2.24, 2.45) is 28.6 Å². The predicted molar refractivity (Wildman–Crippen MR) is 88.6 cm³/mol. The average Bonchev–Trinajstić information content (AvgIpc) is 2.83. The Balaban J connectivity index is 1.76. The van der Waals surface area contributed by atoms with Crippen molar-refractivity contribution in [2.45, 2.75) is 57.7 Å². The van der Waals surface area contributed by atoms with Crippen molar-refractivity contribution in [3.63, 3.8) is 0 Å². The molecule has 3 saturated carbocycles. The molecule has 0 amide bonds. The zero-order chi connectivity index (χ0) is 17.3. The number of aliphatic hydroxyl groups excluding tert-OH is 1. The molecule has 128 valence electrons. The fourth-order valence-corrected chi connectivity index (χ4v) is 6.39. The first-order valence-corrected chi connectivity index (χ1v) is 9.02. The van der Waals surface area contributed by atoms with Gasteiger partial charge in [-0.05, 0) is 62.0 Å². The van der Waals surface area contributed by atoms with E-state index in [1.807, 2.05) is 13.0 Å². The van der Waals surface area contributed by atoms with Crippen LogP contribution in [0, 0.1) is 39.9 Å². The molecule has 2 unspecified atom stereocenters. The summed E-state index contributed by atoms with van der Waals surface area (Å²) in [5.41, 5.74) is -1.20. The van der Waals surface area contributed by atoms with Gasteiger partial charge in [-0.1, -0.05) is 25.5 Å². The van der Waals surface area contributed by atoms with Crippen LogP contribution in [0.1, 0.15) is 46.0 Å². The Morgan fingerprint density at radius 3 is 2.75 bits per heavy atom. The number of aliphatic hydroxyl groups is 2. The van der Waals surface area contributed by atoms with Crippen LogP contribution in [0.3, 0.4) is 0 Å². The van der Waals surface area contributed by atoms with E-state index in [1.165, 1.54) is 5.57 Å². The number of hydrogen-bond acceptors (Lipinski definition) is 4. The van der Waals surface area contributed by atoms with Crippen molar-refractivity contribution in [2.75, 3.05) is 0 Å². The molecule has 0 aromatic rings. The molecule has 7 atom stereocenters. The molecule has 0 aromatic heterocycles. The summed E-state index contributed by atoms with van der Waals surface area (Å²) in [6.45, 7) is 4.09. The van der Waals surface area contributed by atoms with Crippen molar-refractivity contribution >= 4 is 5.78 Å². The quantitative estimate of drug-likeness (QED) is 0.670. The third kappa shape index (κ3) is 1.72. The molecule has 0 saturated heterocycles. The lowest BCUT2D eigenvalue weighted by atomic mass is 9.46. The van der Waals surface area contributed by atoms with Crippen LogP contribution in [0.2, 0.25) is 0 Å². The van der Waals surface area contributed by atoms with E-state index < -0.39 is 17.1 Å². The summed E-state index contributed by atoms with van der Waals surface area (Å²) < 4.78 is 0. The van der Waals surface area contributed by atoms with Crippen molar-refractivity contribution in [3.05, 3.63) is 23.8 Å². The van der Waals surface area contributed by atoms with Gasteiger partial charge in [-0.3, -0.25) is 4.79 Å². The highest BCUT2D eigenvalue weighted by Gasteiger charge is 2.67. The predicted octanol–water partition coefficient (Wildman–Crippen LogP) is 2.52. The van der Waals surface area contributed by atoms with Crippen LogP contribution in [0.25, 0.3) is 0 Å². The van der Waals surface area contributed by atoms with E-state index >= 15 is 0 Å². The van der Waals surface area contributed by atoms with Crippen LogP contribution in [-0.2, 0) is 4.79 Å². The first-order chi connectivity index (χ1) is 11.3. The number of carbonyl (C=O) groups excluding carboxylic acids is 1. The minimum atomic E-state index is -1.43. The van der Waals surface area contributed by atoms with Crippen molar-refractivity contribution in [3.8, 4) is 6.07 Å². The van der Waals surface area contributed by atoms with E-state index in [0.717, 1.165) is 19.3 Å². The Labute approximate surface area is 142 Å². The van der Waals surface area contributed by atoms with Gasteiger partial charge in [-0.25, -0.2) is 0 Å². The van der Waals surface area contributed by atoms with Gasteiger partial charge >= 0.3 is 0 Å². The van der Waals surface area contributed by atoms with Crippen LogP contribution < -0.4 is 0 Å². The number of allylic oxidation sites excluding steroid dienone is 4. The Hall–Kier alpha value is -1.44. The van der Waals surface area contributed by atoms with Gasteiger partial charge in [-0.2, -0.15) is 5.26 Å². The van der Waals surface area contributed by atoms with E-state index in [-0.39, 0.29) is 23.0 Å². The zero-order valence-electron chi connectivity index (χ0n) is 14.3. The number of fused-ring (bicyclic) bond motifs is 5. The molecule has 0 radical (unpaired) electrons. The van der Waals surface area contributed by atoms with E-state index in [1.54, 1.807) is 12.2 Å². The van der Waals surface area contributed by atoms with E-state index in [0.29, 0.717) is 18.8 Å². The topological polar surface area (TPSA) is 81.3 Å². The van der Waals surface area contributed by atoms with Gasteiger partial charge < -0.3 is 10.2 Å². The molecule has 24 heavy (non-hydrogen) atoms. The molecule has 3 fully saturated rings. The van der Waals surface area contributed by atoms with Gasteiger partial charge in [-0.15, -0.1) is 0 Å². The second kappa shape index (κ2) is 4.80. The van der Waals surface area contributed by atoms with E-state index in [9.17, 15) is 20.3 Å². The average molecular weight is 327 g/mol. The Bertz CT molecular complexity index is 704. The lowest BCUT2D eigenvalue weighted by Crippen LogP contribution is -2.60. The molecule has 0 heterocycles. The molecule has 0 bridgehead atoms. The number of hydrogen-bond donors (Lipinski definition) is 2. The highest BCUT2D eigenvalue weighted by atomic mass is 16.3. The summed E-state index contributed by atoms with van der Waals surface area (Å²) in [4.78, 5) is 11.8. The minimum absolute atomic E-state index is 0.0573. The number of nitrogens with zero attached hydrogens (tertiary/aromatic N) is 1. The first-order valence-electron chi connectivity index (χ1n) is 9.02. The summed E-state index contributed by atoms with van der Waals surface area (Å²) in [6.07, 6.45) is 8.44. The van der Waals surface area contributed by atoms with Crippen LogP contribution in [0.4, 0.5) is 0 Å². The molecular weight excluding hydrogens is 302 g/mol. The first kappa shape index (κ1) is 16.1. The standard InChI is InChI=1S/C20H25NO3/c1-18-7-5-13(22)9-12(18)3-4-14-15-6-8-20(24,11-21)19(15,2)17(23)10-16(14)18/h5,7,9,14-17,23-24H,3-4,6,8,10H2,1-2H3/t14-,15-,16-,17?,18-,19+,20?/m0/s1. The molecule has 0 spiro atoms. The van der Waals surface area contributed by atoms with E-state index in [2.05, 4.69) is 13.0 Å². The largest absolute Gasteiger partial charge is 0.392 e. The van der Waals surface area contributed by atoms with Crippen molar-refractivity contribution in [1.82, 2.24) is 0 Å². The smallest absolute Gasteiger partial charge is 0.178 e. The Kier molecular flexibility index (Phi) is 3.21. The third-order valence-electron chi connectivity index (χ3n) is 7.99. The van der Waals surface area contributed by atoms with Crippen LogP contribution in [-0.4, -0.2) is 27.7 Å². The number of ketones is 1. The normalized spacial score (nSPS) is 52.8. The molecule has 4 rings (SSSR count). The second-order valence-electron chi connectivity index (χ2n) is 8.65. The highest BCUT2D eigenvalue weighted by molar-refractivity contribution is 6.01. The number of nitriles is 1. The highest BCUT2D eigenvalue weighted by Crippen LogP contribution is 2.66. The van der Waals surface area contributed by atoms with Gasteiger partial charge in [0.25, 0.3) is 0 Å². The van der Waals surface area contributed by atoms with Gasteiger partial charge in [0.2, 0.25) is 0 Å². The minimum Gasteiger partial charge on any atom is -0.392 e. The lowest BCUT2D eigenvalue weighted by Gasteiger charge is -2.59. The lowest BCUT2D eigenvalue weighted by molar-refractivity contribution is -0.164. The van der Waals surface area contributed by atoms with Gasteiger partial charge in [0.15, 0.2) is 11.4 Å². The molecule has 4 aliphatic carbocycles. The molecule has 4 nitrogen and oxygen atoms in total. The summed E-state index contributed by atoms with van der Waals surface area (Å²) in [5.74, 6) is 0.846. The van der Waals surface area contributed by atoms with Gasteiger partial charge in [0, 0.05) is 10.8 Å². The second-order valence-corrected chi connectivity index (χ2v) is 8.65. The van der Waals surface area contributed by atoms with Crippen LogP contribution >= 0.6 is 0 Å². The molecule has 0 aromatic carbocycles. The maximum absolute atomic E-state index is 11.8. The fourth-order valence-electron chi connectivity index (χ4n) is 6.39. The SMILES string of the molecule is C[C@]12C=CC(=O)C=C1CC[C@@H]1[C@@H]2CC(O)[C@@]2(C)[C@H]1CCC2(O)C#N. The summed E-state index contributed by atoms with van der Waals surface area (Å²) in [6, 6.07) is 2.10. The Morgan fingerprint density at radius 1 is 1.29 bits per heavy atom. The monoisotopic (exact) mass is 327 g/mol. The van der Waals surface area contributed by atoms with Gasteiger partial charge in [0.05, 0.1) is 12.2 Å². The maximum Gasteiger partial charge on any atom is 0.178 e. The third-order valence-corrected chi connectivity index (χ3v) is 7.99. The fraction of sp³-hybridized carbons (Fsp3) is 0.700. The summed E-state index contributed by atoms with van der Waals surface area (Å²) in [7, 11) is 0. The molecule has 0 aliphatic heterocycles. The zero-order valence-corrected chi connectivity index (χ0v) is 14.3. The molecule has 4 heteroatoms. The summed E-state index contributed by atoms with van der Waals surface area (Å²) >= 11 is 0. The van der Waals surface area contributed by atoms with Crippen molar-refractivity contribution in [1.29, 1.82) is 5.26 Å². The maximum atomic E-state index is 11.8. The number of rotatable bonds is 0. The molecule has 4 aliphatic rings. The van der Waals surface area contributed by atoms with Crippen LogP contribution in [0.15, 0.2) is 23.8 Å². The van der Waals surface area contributed by atoms with Crippen LogP contribution in [0.5, 0.6) is 0 Å². The molecular formula is C20H25NO3. The van der Waals surface area contributed by atoms with Gasteiger partial charge in [0.1, 0.15) is 0 Å². The Morgan fingerprint density at radius 2 is 2.04 bits per heavy atom. The van der Waals surface area contributed by atoms with Crippen molar-refractivity contribution < 1.29 is 15.0 Å². The molecule has 2 N–H and O–H groups in total. The summed E-state index contributed by atoms with van der Waals surface area (Å²) in [5, 5.41) is 31.4.